The number of primary amides is 1. The van der Waals surface area contributed by atoms with E-state index in [9.17, 15) is 24.9 Å². The number of fused-ring (bicyclic) bond motifs is 6. The Labute approximate surface area is 328 Å². The number of nitrogens with zero attached hydrogens (tertiary/aromatic N) is 3. The van der Waals surface area contributed by atoms with Crippen molar-refractivity contribution in [3.63, 3.8) is 0 Å². The number of esters is 1. The van der Waals surface area contributed by atoms with E-state index in [0.717, 1.165) is 52.1 Å². The Bertz CT molecular complexity index is 2140. The minimum atomic E-state index is -2.28. The number of rotatable bonds is 7. The Kier molecular flexibility index (Phi) is 8.59. The van der Waals surface area contributed by atoms with E-state index < -0.39 is 45.5 Å². The van der Waals surface area contributed by atoms with Gasteiger partial charge >= 0.3 is 5.97 Å². The molecular formula is C44H57N5O7. The zero-order valence-electron chi connectivity index (χ0n) is 33.3. The smallest absolute Gasteiger partial charge is 0.306 e. The number of para-hydroxylation sites is 1. The largest absolute Gasteiger partial charge is 0.496 e. The highest BCUT2D eigenvalue weighted by Crippen LogP contribution is 2.67. The minimum absolute atomic E-state index is 0.0187. The Morgan fingerprint density at radius 3 is 2.54 bits per heavy atom. The van der Waals surface area contributed by atoms with E-state index in [4.69, 9.17) is 15.2 Å². The van der Waals surface area contributed by atoms with Gasteiger partial charge in [0.1, 0.15) is 11.9 Å². The third kappa shape index (κ3) is 4.76. The Hall–Kier alpha value is -3.94. The number of methoxy groups -OCH3 is 2. The average Bonchev–Trinajstić information content (AvgIpc) is 3.85. The van der Waals surface area contributed by atoms with Crippen molar-refractivity contribution in [3.8, 4) is 5.75 Å². The summed E-state index contributed by atoms with van der Waals surface area (Å²) in [6.45, 7) is 7.59. The van der Waals surface area contributed by atoms with Crippen molar-refractivity contribution in [2.45, 2.75) is 99.0 Å². The highest BCUT2D eigenvalue weighted by Gasteiger charge is 2.78. The first-order valence-electron chi connectivity index (χ1n) is 20.5. The van der Waals surface area contributed by atoms with Crippen LogP contribution < -0.4 is 15.4 Å². The molecule has 2 aromatic carbocycles. The standard InChI is InChI=1S/C44H57N5O7/c1-6-40(53)21-26-22-42(23-34(50)56-5,35-28(13-17-48(24-26)25-40)27-11-8-9-12-31(27)46-35)30-19-29-32(20-33(30)55-4)47(3)37-43(29)15-18-49-16-10-14-41(7-2,36(43)49)38(51)44(37,54)39(45)52/h8-12,14,19-20,26,36-38,46,51,53-54H,6-7,13,15-18,21-25H2,1-5H3,(H2,45,52). The monoisotopic (exact) mass is 767 g/mol. The number of carbonyl (C=O) groups is 2. The van der Waals surface area contributed by atoms with Crippen LogP contribution in [0.4, 0.5) is 5.69 Å². The number of nitrogens with one attached hydrogen (secondary N) is 1. The molecule has 3 aromatic rings. The van der Waals surface area contributed by atoms with Gasteiger partial charge in [-0.05, 0) is 74.2 Å². The molecule has 10 unspecified atom stereocenters. The van der Waals surface area contributed by atoms with Crippen LogP contribution in [0.2, 0.25) is 0 Å². The minimum Gasteiger partial charge on any atom is -0.496 e. The second-order valence-electron chi connectivity index (χ2n) is 17.9. The van der Waals surface area contributed by atoms with Gasteiger partial charge in [-0.1, -0.05) is 44.2 Å². The zero-order valence-corrected chi connectivity index (χ0v) is 33.3. The van der Waals surface area contributed by atoms with Gasteiger partial charge in [0.25, 0.3) is 5.91 Å². The molecule has 1 amide bonds. The molecule has 1 saturated carbocycles. The van der Waals surface area contributed by atoms with Crippen LogP contribution in [-0.2, 0) is 31.6 Å². The van der Waals surface area contributed by atoms with Crippen LogP contribution in [0.3, 0.4) is 0 Å². The molecule has 3 fully saturated rings. The van der Waals surface area contributed by atoms with E-state index in [1.807, 2.05) is 56.1 Å². The summed E-state index contributed by atoms with van der Waals surface area (Å²) < 4.78 is 11.9. The summed E-state index contributed by atoms with van der Waals surface area (Å²) in [4.78, 5) is 38.4. The molecule has 1 spiro atoms. The van der Waals surface area contributed by atoms with Gasteiger partial charge in [0, 0.05) is 84.0 Å². The summed E-state index contributed by atoms with van der Waals surface area (Å²) in [5.74, 6) is -0.719. The molecule has 9 rings (SSSR count). The number of piperidine rings is 1. The van der Waals surface area contributed by atoms with Crippen molar-refractivity contribution in [3.05, 3.63) is 70.9 Å². The van der Waals surface area contributed by atoms with E-state index in [2.05, 4.69) is 33.0 Å². The number of likely N-dealkylation sites (N-methyl/N-ethyl adjacent to an activating group) is 1. The number of aliphatic hydroxyl groups is 3. The van der Waals surface area contributed by atoms with Crippen molar-refractivity contribution in [2.75, 3.05) is 58.9 Å². The van der Waals surface area contributed by atoms with Crippen molar-refractivity contribution in [2.24, 2.45) is 17.1 Å². The highest BCUT2D eigenvalue weighted by molar-refractivity contribution is 5.90. The Morgan fingerprint density at radius 2 is 1.82 bits per heavy atom. The number of ether oxygens (including phenoxy) is 2. The molecule has 12 nitrogen and oxygen atoms in total. The van der Waals surface area contributed by atoms with Crippen molar-refractivity contribution in [1.82, 2.24) is 14.8 Å². The summed E-state index contributed by atoms with van der Waals surface area (Å²) >= 11 is 0. The molecule has 1 aromatic heterocycles. The lowest BCUT2D eigenvalue weighted by Gasteiger charge is -2.63. The lowest BCUT2D eigenvalue weighted by Crippen LogP contribution is -2.81. The topological polar surface area (TPSA) is 165 Å². The van der Waals surface area contributed by atoms with Crippen LogP contribution >= 0.6 is 0 Å². The quantitative estimate of drug-likeness (QED) is 0.178. The molecule has 10 atom stereocenters. The lowest BCUT2D eigenvalue weighted by molar-refractivity contribution is -0.201. The SMILES string of the molecule is CCC1(O)CC2CN(CCc3c([nH]c4ccccc34)C(CC(=O)OC)(c3cc4c(cc3OC)N(C)C3C(O)(C(N)=O)C(O)C5(CC)C=CCN6CCC43C65)C2)C1. The maximum atomic E-state index is 14.1. The average molecular weight is 768 g/mol. The second kappa shape index (κ2) is 12.8. The first-order chi connectivity index (χ1) is 26.8. The number of aromatic amines is 1. The van der Waals surface area contributed by atoms with Crippen molar-refractivity contribution >= 4 is 28.5 Å². The third-order valence-electron chi connectivity index (χ3n) is 15.5. The number of amides is 1. The fourth-order valence-corrected chi connectivity index (χ4v) is 13.3. The number of hydrogen-bond acceptors (Lipinski definition) is 10. The molecule has 5 aliphatic heterocycles. The number of anilines is 1. The van der Waals surface area contributed by atoms with Gasteiger partial charge in [0.05, 0.1) is 37.7 Å². The molecule has 2 saturated heterocycles. The number of benzene rings is 2. The molecule has 12 heteroatoms. The van der Waals surface area contributed by atoms with Crippen LogP contribution in [0.25, 0.3) is 10.9 Å². The molecule has 6 aliphatic rings. The third-order valence-corrected chi connectivity index (χ3v) is 15.5. The fraction of sp³-hybridized carbons (Fsp3) is 0.591. The highest BCUT2D eigenvalue weighted by atomic mass is 16.5. The van der Waals surface area contributed by atoms with Crippen LogP contribution in [0, 0.1) is 11.3 Å². The lowest BCUT2D eigenvalue weighted by atomic mass is 9.47. The first kappa shape index (κ1) is 37.6. The molecule has 1 aliphatic carbocycles. The molecule has 300 valence electrons. The normalized spacial score (nSPS) is 38.5. The van der Waals surface area contributed by atoms with Crippen LogP contribution in [-0.4, -0.2) is 125 Å². The predicted octanol–water partition coefficient (Wildman–Crippen LogP) is 3.12. The molecule has 6 heterocycles. The summed E-state index contributed by atoms with van der Waals surface area (Å²) in [7, 11) is 4.95. The molecule has 56 heavy (non-hydrogen) atoms. The van der Waals surface area contributed by atoms with Gasteiger partial charge in [-0.15, -0.1) is 0 Å². The number of aliphatic hydroxyl groups excluding tert-OH is 1. The van der Waals surface area contributed by atoms with Gasteiger partial charge in [-0.25, -0.2) is 0 Å². The van der Waals surface area contributed by atoms with E-state index >= 15 is 0 Å². The van der Waals surface area contributed by atoms with Gasteiger partial charge in [0.2, 0.25) is 0 Å². The summed E-state index contributed by atoms with van der Waals surface area (Å²) in [5, 5.41) is 38.2. The van der Waals surface area contributed by atoms with Crippen LogP contribution in [0.15, 0.2) is 48.6 Å². The van der Waals surface area contributed by atoms with Crippen molar-refractivity contribution < 1.29 is 34.4 Å². The second-order valence-corrected chi connectivity index (χ2v) is 17.9. The Balaban J connectivity index is 1.36. The summed E-state index contributed by atoms with van der Waals surface area (Å²) in [5.41, 5.74) is 5.89. The maximum Gasteiger partial charge on any atom is 0.306 e. The number of hydrogen-bond donors (Lipinski definition) is 5. The molecule has 2 bridgehead atoms. The molecule has 6 N–H and O–H groups in total. The van der Waals surface area contributed by atoms with E-state index in [0.29, 0.717) is 63.9 Å². The predicted molar refractivity (Wildman–Crippen MR) is 213 cm³/mol. The van der Waals surface area contributed by atoms with E-state index in [1.54, 1.807) is 7.11 Å². The zero-order chi connectivity index (χ0) is 39.6. The maximum absolute atomic E-state index is 14.1. The van der Waals surface area contributed by atoms with Crippen LogP contribution in [0.5, 0.6) is 5.75 Å². The number of aromatic nitrogens is 1. The van der Waals surface area contributed by atoms with Crippen LogP contribution in [0.1, 0.15) is 74.8 Å². The van der Waals surface area contributed by atoms with Gasteiger partial charge in [-0.3, -0.25) is 19.4 Å². The summed E-state index contributed by atoms with van der Waals surface area (Å²) in [6, 6.07) is 11.4. The molecular weight excluding hydrogens is 711 g/mol. The number of carbonyl (C=O) groups excluding carboxylic acids is 2. The Morgan fingerprint density at radius 1 is 1.04 bits per heavy atom. The van der Waals surface area contributed by atoms with Gasteiger partial charge in [-0.2, -0.15) is 0 Å². The van der Waals surface area contributed by atoms with Crippen molar-refractivity contribution in [1.29, 1.82) is 0 Å². The number of H-pyrrole nitrogens is 1. The van der Waals surface area contributed by atoms with Gasteiger partial charge in [0.15, 0.2) is 5.60 Å². The number of nitrogens with two attached hydrogens (primary N) is 1. The fourth-order valence-electron chi connectivity index (χ4n) is 13.3. The first-order valence-corrected chi connectivity index (χ1v) is 20.5. The molecule has 0 radical (unpaired) electrons. The van der Waals surface area contributed by atoms with Gasteiger partial charge < -0.3 is 40.4 Å². The van der Waals surface area contributed by atoms with E-state index in [-0.39, 0.29) is 24.3 Å². The summed E-state index contributed by atoms with van der Waals surface area (Å²) in [6.07, 6.45) is 6.21. The van der Waals surface area contributed by atoms with E-state index in [1.165, 1.54) is 7.11 Å².